The molecule has 1 aliphatic carbocycles. The molecule has 16 heavy (non-hydrogen) atoms. The third-order valence-electron chi connectivity index (χ3n) is 3.55. The van der Waals surface area contributed by atoms with Gasteiger partial charge in [-0.1, -0.05) is 13.8 Å². The van der Waals surface area contributed by atoms with Gasteiger partial charge in [0.2, 0.25) is 0 Å². The van der Waals surface area contributed by atoms with Crippen molar-refractivity contribution < 1.29 is 4.74 Å². The highest BCUT2D eigenvalue weighted by Crippen LogP contribution is 2.35. The van der Waals surface area contributed by atoms with E-state index in [4.69, 9.17) is 4.74 Å². The molecule has 1 rings (SSSR count). The fraction of sp³-hybridized carbons (Fsp3) is 1.00. The Morgan fingerprint density at radius 3 is 2.44 bits per heavy atom. The van der Waals surface area contributed by atoms with Crippen LogP contribution in [0.1, 0.15) is 59.8 Å². The summed E-state index contributed by atoms with van der Waals surface area (Å²) in [5.41, 5.74) is 0.121. The Kier molecular flexibility index (Phi) is 5.77. The average Bonchev–Trinajstić information content (AvgIpc) is 2.22. The third kappa shape index (κ3) is 4.42. The SMILES string of the molecule is CCCNCC1(OC(C)C)CCC(C)CC1. The van der Waals surface area contributed by atoms with Crippen molar-refractivity contribution in [1.29, 1.82) is 0 Å². The van der Waals surface area contributed by atoms with Crippen molar-refractivity contribution in [3.8, 4) is 0 Å². The van der Waals surface area contributed by atoms with Gasteiger partial charge in [-0.05, 0) is 58.4 Å². The maximum Gasteiger partial charge on any atom is 0.0809 e. The van der Waals surface area contributed by atoms with E-state index in [0.717, 1.165) is 19.0 Å². The van der Waals surface area contributed by atoms with Gasteiger partial charge in [-0.3, -0.25) is 0 Å². The second-order valence-electron chi connectivity index (χ2n) is 5.71. The largest absolute Gasteiger partial charge is 0.371 e. The predicted molar refractivity (Wildman–Crippen MR) is 69.7 cm³/mol. The van der Waals surface area contributed by atoms with Crippen molar-refractivity contribution >= 4 is 0 Å². The van der Waals surface area contributed by atoms with E-state index in [1.165, 1.54) is 32.1 Å². The summed E-state index contributed by atoms with van der Waals surface area (Å²) in [6, 6.07) is 0. The number of hydrogen-bond donors (Lipinski definition) is 1. The highest BCUT2D eigenvalue weighted by Gasteiger charge is 2.35. The van der Waals surface area contributed by atoms with Crippen LogP contribution in [0, 0.1) is 5.92 Å². The lowest BCUT2D eigenvalue weighted by atomic mass is 9.79. The summed E-state index contributed by atoms with van der Waals surface area (Å²) in [6.45, 7) is 11.0. The summed E-state index contributed by atoms with van der Waals surface area (Å²) in [6.07, 6.45) is 6.64. The van der Waals surface area contributed by atoms with Gasteiger partial charge in [0.25, 0.3) is 0 Å². The van der Waals surface area contributed by atoms with Gasteiger partial charge in [0, 0.05) is 6.54 Å². The van der Waals surface area contributed by atoms with Crippen LogP contribution in [0.2, 0.25) is 0 Å². The van der Waals surface area contributed by atoms with Gasteiger partial charge in [0.05, 0.1) is 11.7 Å². The molecule has 0 aliphatic heterocycles. The van der Waals surface area contributed by atoms with Crippen molar-refractivity contribution in [2.75, 3.05) is 13.1 Å². The first kappa shape index (κ1) is 14.0. The molecule has 0 atom stereocenters. The Morgan fingerprint density at radius 1 is 1.31 bits per heavy atom. The van der Waals surface area contributed by atoms with Gasteiger partial charge in [0.15, 0.2) is 0 Å². The van der Waals surface area contributed by atoms with Crippen LogP contribution in [0.15, 0.2) is 0 Å². The second kappa shape index (κ2) is 6.61. The zero-order valence-electron chi connectivity index (χ0n) is 11.5. The molecule has 2 heteroatoms. The molecule has 0 aromatic heterocycles. The van der Waals surface area contributed by atoms with E-state index in [1.807, 2.05) is 0 Å². The van der Waals surface area contributed by atoms with Crippen LogP contribution >= 0.6 is 0 Å². The standard InChI is InChI=1S/C14H29NO/c1-5-10-15-11-14(16-12(2)3)8-6-13(4)7-9-14/h12-13,15H,5-11H2,1-4H3. The van der Waals surface area contributed by atoms with Gasteiger partial charge < -0.3 is 10.1 Å². The van der Waals surface area contributed by atoms with Crippen LogP contribution < -0.4 is 5.32 Å². The van der Waals surface area contributed by atoms with Crippen LogP contribution in [0.4, 0.5) is 0 Å². The van der Waals surface area contributed by atoms with Crippen LogP contribution in [0.5, 0.6) is 0 Å². The molecule has 0 saturated heterocycles. The summed E-state index contributed by atoms with van der Waals surface area (Å²) in [5, 5.41) is 3.54. The van der Waals surface area contributed by atoms with Crippen molar-refractivity contribution in [3.05, 3.63) is 0 Å². The van der Waals surface area contributed by atoms with E-state index < -0.39 is 0 Å². The normalized spacial score (nSPS) is 30.9. The van der Waals surface area contributed by atoms with Gasteiger partial charge in [0.1, 0.15) is 0 Å². The van der Waals surface area contributed by atoms with Crippen molar-refractivity contribution in [1.82, 2.24) is 5.32 Å². The zero-order chi connectivity index (χ0) is 12.0. The first-order valence-electron chi connectivity index (χ1n) is 6.96. The molecule has 0 spiro atoms. The highest BCUT2D eigenvalue weighted by molar-refractivity contribution is 4.89. The van der Waals surface area contributed by atoms with Gasteiger partial charge >= 0.3 is 0 Å². The minimum Gasteiger partial charge on any atom is -0.371 e. The lowest BCUT2D eigenvalue weighted by molar-refractivity contribution is -0.104. The predicted octanol–water partition coefficient (Wildman–Crippen LogP) is 3.36. The zero-order valence-corrected chi connectivity index (χ0v) is 11.5. The Morgan fingerprint density at radius 2 is 1.94 bits per heavy atom. The molecule has 0 amide bonds. The number of ether oxygens (including phenoxy) is 1. The summed E-state index contributed by atoms with van der Waals surface area (Å²) in [5.74, 6) is 0.884. The summed E-state index contributed by atoms with van der Waals surface area (Å²) in [7, 11) is 0. The molecule has 1 N–H and O–H groups in total. The van der Waals surface area contributed by atoms with Crippen molar-refractivity contribution in [3.63, 3.8) is 0 Å². The number of rotatable bonds is 6. The van der Waals surface area contributed by atoms with Crippen LogP contribution in [-0.4, -0.2) is 24.8 Å². The lowest BCUT2D eigenvalue weighted by Crippen LogP contribution is -2.47. The topological polar surface area (TPSA) is 21.3 Å². The van der Waals surface area contributed by atoms with E-state index in [-0.39, 0.29) is 5.60 Å². The number of hydrogen-bond acceptors (Lipinski definition) is 2. The molecule has 0 radical (unpaired) electrons. The Bertz CT molecular complexity index is 183. The van der Waals surface area contributed by atoms with Gasteiger partial charge in [-0.25, -0.2) is 0 Å². The quantitative estimate of drug-likeness (QED) is 0.703. The summed E-state index contributed by atoms with van der Waals surface area (Å²) in [4.78, 5) is 0. The first-order chi connectivity index (χ1) is 7.58. The first-order valence-corrected chi connectivity index (χ1v) is 6.96. The van der Waals surface area contributed by atoms with E-state index in [0.29, 0.717) is 6.10 Å². The molecule has 0 heterocycles. The fourth-order valence-corrected chi connectivity index (χ4v) is 2.62. The molecule has 0 aromatic rings. The lowest BCUT2D eigenvalue weighted by Gasteiger charge is -2.41. The molecule has 96 valence electrons. The maximum atomic E-state index is 6.21. The molecule has 0 unspecified atom stereocenters. The number of nitrogens with one attached hydrogen (secondary N) is 1. The van der Waals surface area contributed by atoms with Crippen LogP contribution in [0.25, 0.3) is 0 Å². The van der Waals surface area contributed by atoms with E-state index in [1.54, 1.807) is 0 Å². The van der Waals surface area contributed by atoms with E-state index in [2.05, 4.69) is 33.0 Å². The third-order valence-corrected chi connectivity index (χ3v) is 3.55. The van der Waals surface area contributed by atoms with Crippen LogP contribution in [-0.2, 0) is 4.74 Å². The molecule has 0 bridgehead atoms. The molecule has 1 fully saturated rings. The van der Waals surface area contributed by atoms with E-state index >= 15 is 0 Å². The molecule has 0 aromatic carbocycles. The Labute approximate surface area is 101 Å². The minimum absolute atomic E-state index is 0.121. The molecular formula is C14H29NO. The smallest absolute Gasteiger partial charge is 0.0809 e. The maximum absolute atomic E-state index is 6.21. The van der Waals surface area contributed by atoms with Gasteiger partial charge in [-0.2, -0.15) is 0 Å². The Hall–Kier alpha value is -0.0800. The minimum atomic E-state index is 0.121. The Balaban J connectivity index is 2.47. The fourth-order valence-electron chi connectivity index (χ4n) is 2.62. The van der Waals surface area contributed by atoms with Crippen molar-refractivity contribution in [2.24, 2.45) is 5.92 Å². The molecule has 1 saturated carbocycles. The van der Waals surface area contributed by atoms with Crippen LogP contribution in [0.3, 0.4) is 0 Å². The molecular weight excluding hydrogens is 198 g/mol. The molecule has 2 nitrogen and oxygen atoms in total. The summed E-state index contributed by atoms with van der Waals surface area (Å²) >= 11 is 0. The van der Waals surface area contributed by atoms with E-state index in [9.17, 15) is 0 Å². The van der Waals surface area contributed by atoms with Gasteiger partial charge in [-0.15, -0.1) is 0 Å². The monoisotopic (exact) mass is 227 g/mol. The second-order valence-corrected chi connectivity index (χ2v) is 5.71. The summed E-state index contributed by atoms with van der Waals surface area (Å²) < 4.78 is 6.21. The van der Waals surface area contributed by atoms with Crippen molar-refractivity contribution in [2.45, 2.75) is 71.5 Å². The average molecular weight is 227 g/mol. The molecule has 1 aliphatic rings. The highest BCUT2D eigenvalue weighted by atomic mass is 16.5.